The van der Waals surface area contributed by atoms with E-state index in [1.165, 1.54) is 24.3 Å². The molecule has 1 amide bonds. The fourth-order valence-electron chi connectivity index (χ4n) is 3.12. The number of nitro groups is 1. The van der Waals surface area contributed by atoms with E-state index in [4.69, 9.17) is 0 Å². The molecule has 28 heavy (non-hydrogen) atoms. The predicted molar refractivity (Wildman–Crippen MR) is 104 cm³/mol. The third kappa shape index (κ3) is 4.19. The topological polar surface area (TPSA) is 128 Å². The first-order valence-electron chi connectivity index (χ1n) is 8.78. The number of aromatic nitrogens is 1. The van der Waals surface area contributed by atoms with Gasteiger partial charge in [-0.05, 0) is 42.3 Å². The molecule has 3 aromatic rings. The number of amides is 1. The normalized spacial score (nSPS) is 13.2. The van der Waals surface area contributed by atoms with Crippen LogP contribution >= 0.6 is 0 Å². The van der Waals surface area contributed by atoms with Gasteiger partial charge in [-0.1, -0.05) is 11.6 Å². The number of aryl methyl sites for hydroxylation is 1. The molecule has 0 saturated carbocycles. The molecule has 0 fully saturated rings. The quantitative estimate of drug-likeness (QED) is 0.367. The smallest absolute Gasteiger partial charge is 0.269 e. The molecule has 0 aliphatic carbocycles. The molecule has 0 saturated heterocycles. The van der Waals surface area contributed by atoms with Crippen LogP contribution in [0.1, 0.15) is 22.8 Å². The maximum absolute atomic E-state index is 12.5. The number of nitro benzene ring substituents is 1. The lowest BCUT2D eigenvalue weighted by Gasteiger charge is -2.22. The van der Waals surface area contributed by atoms with E-state index in [0.29, 0.717) is 5.56 Å². The Morgan fingerprint density at radius 2 is 1.96 bits per heavy atom. The van der Waals surface area contributed by atoms with Gasteiger partial charge in [0.1, 0.15) is 6.10 Å². The molecule has 2 atom stereocenters. The van der Waals surface area contributed by atoms with Crippen molar-refractivity contribution in [1.82, 2.24) is 10.3 Å². The average molecular weight is 383 g/mol. The summed E-state index contributed by atoms with van der Waals surface area (Å²) in [6.07, 6.45) is 0.664. The zero-order valence-electron chi connectivity index (χ0n) is 15.3. The molecule has 0 aliphatic rings. The lowest BCUT2D eigenvalue weighted by molar-refractivity contribution is -0.384. The van der Waals surface area contributed by atoms with Crippen molar-refractivity contribution in [3.05, 3.63) is 75.5 Å². The average Bonchev–Trinajstić information content (AvgIpc) is 3.07. The number of nitrogens with one attached hydrogen (secondary N) is 2. The van der Waals surface area contributed by atoms with Crippen LogP contribution in [0.4, 0.5) is 5.69 Å². The monoisotopic (exact) mass is 383 g/mol. The van der Waals surface area contributed by atoms with Gasteiger partial charge in [-0.25, -0.2) is 0 Å². The van der Waals surface area contributed by atoms with Gasteiger partial charge >= 0.3 is 0 Å². The summed E-state index contributed by atoms with van der Waals surface area (Å²) in [6, 6.07) is 10.3. The van der Waals surface area contributed by atoms with E-state index in [2.05, 4.69) is 10.3 Å². The van der Waals surface area contributed by atoms with Crippen molar-refractivity contribution in [1.29, 1.82) is 0 Å². The molecular formula is C20H21N3O5. The Balaban J connectivity index is 1.70. The van der Waals surface area contributed by atoms with E-state index in [-0.39, 0.29) is 18.0 Å². The summed E-state index contributed by atoms with van der Waals surface area (Å²) in [5, 5.41) is 34.3. The number of nitrogens with zero attached hydrogens (tertiary/aromatic N) is 1. The highest BCUT2D eigenvalue weighted by Gasteiger charge is 2.23. The van der Waals surface area contributed by atoms with Gasteiger partial charge in [0.2, 0.25) is 5.91 Å². The van der Waals surface area contributed by atoms with E-state index in [0.717, 1.165) is 22.0 Å². The summed E-state index contributed by atoms with van der Waals surface area (Å²) in [5.41, 5.74) is 3.09. The molecule has 2 aromatic carbocycles. The molecule has 0 radical (unpaired) electrons. The number of aliphatic hydroxyl groups excluding tert-OH is 2. The standard InChI is InChI=1S/C20H21N3O5/c1-12-2-7-17-16(8-12)14(10-21-17)9-19(25)22-18(11-24)20(26)13-3-5-15(6-4-13)23(27)28/h2-8,10,18,20-21,24,26H,9,11H2,1H3,(H,22,25)/t18-,20+/m0/s1. The van der Waals surface area contributed by atoms with E-state index >= 15 is 0 Å². The van der Waals surface area contributed by atoms with Crippen molar-refractivity contribution in [2.45, 2.75) is 25.5 Å². The molecular weight excluding hydrogens is 362 g/mol. The molecule has 0 aliphatic heterocycles. The minimum absolute atomic E-state index is 0.0902. The summed E-state index contributed by atoms with van der Waals surface area (Å²) in [4.78, 5) is 25.8. The first-order valence-corrected chi connectivity index (χ1v) is 8.78. The Kier molecular flexibility index (Phi) is 5.72. The predicted octanol–water partition coefficient (Wildman–Crippen LogP) is 2.14. The Morgan fingerprint density at radius 3 is 2.61 bits per heavy atom. The Labute approximate surface area is 161 Å². The number of H-pyrrole nitrogens is 1. The molecule has 0 unspecified atom stereocenters. The highest BCUT2D eigenvalue weighted by atomic mass is 16.6. The van der Waals surface area contributed by atoms with Gasteiger partial charge < -0.3 is 20.5 Å². The molecule has 8 nitrogen and oxygen atoms in total. The molecule has 0 bridgehead atoms. The van der Waals surface area contributed by atoms with Crippen LogP contribution in [-0.2, 0) is 11.2 Å². The number of aromatic amines is 1. The van der Waals surface area contributed by atoms with Crippen molar-refractivity contribution in [2.75, 3.05) is 6.61 Å². The summed E-state index contributed by atoms with van der Waals surface area (Å²) >= 11 is 0. The molecule has 1 heterocycles. The summed E-state index contributed by atoms with van der Waals surface area (Å²) < 4.78 is 0. The van der Waals surface area contributed by atoms with Crippen molar-refractivity contribution in [2.24, 2.45) is 0 Å². The fraction of sp³-hybridized carbons (Fsp3) is 0.250. The molecule has 4 N–H and O–H groups in total. The minimum Gasteiger partial charge on any atom is -0.394 e. The zero-order valence-corrected chi connectivity index (χ0v) is 15.3. The van der Waals surface area contributed by atoms with Gasteiger partial charge in [0.15, 0.2) is 0 Å². The molecule has 8 heteroatoms. The first-order chi connectivity index (χ1) is 13.4. The van der Waals surface area contributed by atoms with E-state index < -0.39 is 23.7 Å². The summed E-state index contributed by atoms with van der Waals surface area (Å²) in [5.74, 6) is -0.345. The number of fused-ring (bicyclic) bond motifs is 1. The van der Waals surface area contributed by atoms with Crippen molar-refractivity contribution in [3.63, 3.8) is 0 Å². The molecule has 1 aromatic heterocycles. The SMILES string of the molecule is Cc1ccc2[nH]cc(CC(=O)N[C@@H](CO)[C@H](O)c3ccc([N+](=O)[O-])cc3)c2c1. The van der Waals surface area contributed by atoms with Gasteiger partial charge in [0.25, 0.3) is 5.69 Å². The second-order valence-corrected chi connectivity index (χ2v) is 6.69. The largest absolute Gasteiger partial charge is 0.394 e. The van der Waals surface area contributed by atoms with Gasteiger partial charge in [-0.15, -0.1) is 0 Å². The van der Waals surface area contributed by atoms with Crippen LogP contribution in [0.2, 0.25) is 0 Å². The van der Waals surface area contributed by atoms with E-state index in [1.54, 1.807) is 6.20 Å². The third-order valence-electron chi connectivity index (χ3n) is 4.64. The van der Waals surface area contributed by atoms with Crippen LogP contribution < -0.4 is 5.32 Å². The number of aliphatic hydroxyl groups is 2. The number of carbonyl (C=O) groups excluding carboxylic acids is 1. The van der Waals surface area contributed by atoms with E-state index in [9.17, 15) is 25.1 Å². The molecule has 146 valence electrons. The lowest BCUT2D eigenvalue weighted by Crippen LogP contribution is -2.42. The molecule has 0 spiro atoms. The highest BCUT2D eigenvalue weighted by molar-refractivity contribution is 5.89. The van der Waals surface area contributed by atoms with Crippen LogP contribution in [0, 0.1) is 17.0 Å². The van der Waals surface area contributed by atoms with Gasteiger partial charge in [0.05, 0.1) is 24.0 Å². The van der Waals surface area contributed by atoms with Gasteiger partial charge in [-0.3, -0.25) is 14.9 Å². The van der Waals surface area contributed by atoms with Gasteiger partial charge in [-0.2, -0.15) is 0 Å². The third-order valence-corrected chi connectivity index (χ3v) is 4.64. The van der Waals surface area contributed by atoms with Crippen LogP contribution in [0.15, 0.2) is 48.7 Å². The Morgan fingerprint density at radius 1 is 1.25 bits per heavy atom. The van der Waals surface area contributed by atoms with Crippen LogP contribution in [0.5, 0.6) is 0 Å². The van der Waals surface area contributed by atoms with Crippen molar-refractivity contribution >= 4 is 22.5 Å². The van der Waals surface area contributed by atoms with Crippen molar-refractivity contribution in [3.8, 4) is 0 Å². The fourth-order valence-corrected chi connectivity index (χ4v) is 3.12. The number of hydrogen-bond acceptors (Lipinski definition) is 5. The highest BCUT2D eigenvalue weighted by Crippen LogP contribution is 2.22. The van der Waals surface area contributed by atoms with Crippen LogP contribution in [-0.4, -0.2) is 38.7 Å². The minimum atomic E-state index is -1.19. The molecule has 3 rings (SSSR count). The zero-order chi connectivity index (χ0) is 20.3. The number of carbonyl (C=O) groups is 1. The van der Waals surface area contributed by atoms with Crippen LogP contribution in [0.25, 0.3) is 10.9 Å². The maximum Gasteiger partial charge on any atom is 0.269 e. The lowest BCUT2D eigenvalue weighted by atomic mass is 10.0. The van der Waals surface area contributed by atoms with Crippen LogP contribution in [0.3, 0.4) is 0 Å². The maximum atomic E-state index is 12.5. The second kappa shape index (κ2) is 8.20. The number of benzene rings is 2. The summed E-state index contributed by atoms with van der Waals surface area (Å²) in [7, 11) is 0. The number of hydrogen-bond donors (Lipinski definition) is 4. The second-order valence-electron chi connectivity index (χ2n) is 6.69. The summed E-state index contributed by atoms with van der Waals surface area (Å²) in [6.45, 7) is 1.50. The Bertz CT molecular complexity index is 997. The van der Waals surface area contributed by atoms with Gasteiger partial charge in [0, 0.05) is 29.2 Å². The first kappa shape index (κ1) is 19.5. The number of rotatable bonds is 7. The van der Waals surface area contributed by atoms with E-state index in [1.807, 2.05) is 25.1 Å². The number of non-ortho nitro benzene ring substituents is 1. The van der Waals surface area contributed by atoms with Crippen molar-refractivity contribution < 1.29 is 19.9 Å². The Hall–Kier alpha value is -3.23.